The molecule has 3 N–H and O–H groups in total. The number of aliphatic hydroxyl groups is 3. The molecule has 6 atom stereocenters. The van der Waals surface area contributed by atoms with Crippen LogP contribution in [0.5, 0.6) is 5.75 Å². The van der Waals surface area contributed by atoms with E-state index in [4.69, 9.17) is 21.1 Å². The molecule has 0 amide bonds. The first-order chi connectivity index (χ1) is 14.2. The van der Waals surface area contributed by atoms with Crippen LogP contribution in [0.1, 0.15) is 50.5 Å². The maximum atomic E-state index is 10.7. The smallest absolute Gasteiger partial charge is 0.119 e. The first-order valence-corrected chi connectivity index (χ1v) is 10.8. The Kier molecular flexibility index (Phi) is 7.10. The van der Waals surface area contributed by atoms with Crippen molar-refractivity contribution in [1.82, 2.24) is 0 Å². The predicted octanol–water partition coefficient (Wildman–Crippen LogP) is 3.90. The van der Waals surface area contributed by atoms with E-state index in [1.165, 1.54) is 0 Å². The molecule has 0 saturated carbocycles. The van der Waals surface area contributed by atoms with E-state index in [0.717, 1.165) is 16.9 Å². The van der Waals surface area contributed by atoms with Gasteiger partial charge < -0.3 is 24.8 Å². The van der Waals surface area contributed by atoms with Crippen molar-refractivity contribution >= 4 is 11.6 Å². The van der Waals surface area contributed by atoms with Gasteiger partial charge in [0, 0.05) is 10.9 Å². The molecule has 164 valence electrons. The van der Waals surface area contributed by atoms with Crippen LogP contribution in [0.25, 0.3) is 0 Å². The molecule has 1 aliphatic heterocycles. The lowest BCUT2D eigenvalue weighted by molar-refractivity contribution is -0.266. The first-order valence-electron chi connectivity index (χ1n) is 10.4. The summed E-state index contributed by atoms with van der Waals surface area (Å²) in [7, 11) is 0. The molecule has 0 bridgehead atoms. The van der Waals surface area contributed by atoms with Crippen molar-refractivity contribution in [1.29, 1.82) is 0 Å². The molecule has 6 unspecified atom stereocenters. The Hall–Kier alpha value is -1.63. The van der Waals surface area contributed by atoms with Crippen molar-refractivity contribution in [3.63, 3.8) is 0 Å². The number of hydrogen-bond donors (Lipinski definition) is 3. The van der Waals surface area contributed by atoms with Gasteiger partial charge in [0.25, 0.3) is 0 Å². The average Bonchev–Trinajstić information content (AvgIpc) is 2.72. The summed E-state index contributed by atoms with van der Waals surface area (Å²) in [5, 5.41) is 32.2. The second kappa shape index (κ2) is 9.25. The van der Waals surface area contributed by atoms with Gasteiger partial charge in [0.05, 0.1) is 24.4 Å². The van der Waals surface area contributed by atoms with E-state index in [-0.39, 0.29) is 0 Å². The Balaban J connectivity index is 1.88. The SMILES string of the molecule is CCOc1ccc(Cc2cc(C3OC(C)(C(C)O)C(C)C(O)C3O)ccc2Cl)cc1. The van der Waals surface area contributed by atoms with Gasteiger partial charge in [-0.05, 0) is 62.1 Å². The van der Waals surface area contributed by atoms with Crippen molar-refractivity contribution in [2.75, 3.05) is 6.61 Å². The predicted molar refractivity (Wildman–Crippen MR) is 117 cm³/mol. The van der Waals surface area contributed by atoms with Crippen molar-refractivity contribution in [3.8, 4) is 5.75 Å². The van der Waals surface area contributed by atoms with Crippen molar-refractivity contribution in [2.24, 2.45) is 5.92 Å². The maximum absolute atomic E-state index is 10.7. The van der Waals surface area contributed by atoms with Gasteiger partial charge in [-0.25, -0.2) is 0 Å². The van der Waals surface area contributed by atoms with E-state index in [9.17, 15) is 15.3 Å². The Morgan fingerprint density at radius 1 is 1.13 bits per heavy atom. The van der Waals surface area contributed by atoms with Crippen molar-refractivity contribution < 1.29 is 24.8 Å². The minimum atomic E-state index is -1.11. The maximum Gasteiger partial charge on any atom is 0.119 e. The zero-order valence-electron chi connectivity index (χ0n) is 17.9. The fourth-order valence-electron chi connectivity index (χ4n) is 4.01. The summed E-state index contributed by atoms with van der Waals surface area (Å²) in [6.45, 7) is 7.74. The van der Waals surface area contributed by atoms with Gasteiger partial charge in [-0.2, -0.15) is 0 Å². The van der Waals surface area contributed by atoms with Gasteiger partial charge in [0.1, 0.15) is 18.0 Å². The lowest BCUT2D eigenvalue weighted by Gasteiger charge is -2.50. The summed E-state index contributed by atoms with van der Waals surface area (Å²) < 4.78 is 11.7. The van der Waals surface area contributed by atoms with E-state index in [1.54, 1.807) is 32.9 Å². The quantitative estimate of drug-likeness (QED) is 0.642. The third-order valence-corrected chi connectivity index (χ3v) is 6.68. The number of benzene rings is 2. The van der Waals surface area contributed by atoms with Crippen LogP contribution in [0.4, 0.5) is 0 Å². The number of aliphatic hydroxyl groups excluding tert-OH is 3. The van der Waals surface area contributed by atoms with Crippen LogP contribution < -0.4 is 4.74 Å². The van der Waals surface area contributed by atoms with Crippen LogP contribution >= 0.6 is 11.6 Å². The third kappa shape index (κ3) is 4.51. The van der Waals surface area contributed by atoms with Gasteiger partial charge in [-0.3, -0.25) is 0 Å². The third-order valence-electron chi connectivity index (χ3n) is 6.31. The van der Waals surface area contributed by atoms with E-state index in [0.29, 0.717) is 23.6 Å². The number of ether oxygens (including phenoxy) is 2. The molecule has 1 saturated heterocycles. The van der Waals surface area contributed by atoms with E-state index >= 15 is 0 Å². The molecule has 0 aliphatic carbocycles. The molecule has 2 aromatic carbocycles. The van der Waals surface area contributed by atoms with Gasteiger partial charge in [0.2, 0.25) is 0 Å². The molecule has 0 radical (unpaired) electrons. The molecule has 1 fully saturated rings. The summed E-state index contributed by atoms with van der Waals surface area (Å²) in [6.07, 6.45) is -3.10. The second-order valence-corrected chi connectivity index (χ2v) is 8.68. The topological polar surface area (TPSA) is 79.2 Å². The van der Waals surface area contributed by atoms with Crippen LogP contribution in [0.3, 0.4) is 0 Å². The summed E-state index contributed by atoms with van der Waals surface area (Å²) >= 11 is 6.44. The summed E-state index contributed by atoms with van der Waals surface area (Å²) in [6, 6.07) is 13.3. The van der Waals surface area contributed by atoms with Gasteiger partial charge >= 0.3 is 0 Å². The highest BCUT2D eigenvalue weighted by atomic mass is 35.5. The first kappa shape index (κ1) is 23.0. The van der Waals surface area contributed by atoms with Crippen molar-refractivity contribution in [2.45, 2.75) is 64.1 Å². The largest absolute Gasteiger partial charge is 0.494 e. The normalized spacial score (nSPS) is 30.1. The second-order valence-electron chi connectivity index (χ2n) is 8.27. The fourth-order valence-corrected chi connectivity index (χ4v) is 4.19. The zero-order chi connectivity index (χ0) is 22.1. The van der Waals surface area contributed by atoms with E-state index < -0.39 is 35.9 Å². The average molecular weight is 435 g/mol. The number of hydrogen-bond acceptors (Lipinski definition) is 5. The molecule has 3 rings (SSSR count). The summed E-state index contributed by atoms with van der Waals surface area (Å²) in [5.41, 5.74) is 1.69. The Morgan fingerprint density at radius 2 is 1.80 bits per heavy atom. The van der Waals surface area contributed by atoms with Crippen molar-refractivity contribution in [3.05, 3.63) is 64.2 Å². The summed E-state index contributed by atoms with van der Waals surface area (Å²) in [5.74, 6) is 0.389. The highest BCUT2D eigenvalue weighted by Gasteiger charge is 2.51. The molecule has 5 nitrogen and oxygen atoms in total. The molecule has 0 spiro atoms. The number of rotatable bonds is 6. The highest BCUT2D eigenvalue weighted by Crippen LogP contribution is 2.43. The minimum absolute atomic E-state index is 0.431. The van der Waals surface area contributed by atoms with Crippen LogP contribution in [0, 0.1) is 5.92 Å². The van der Waals surface area contributed by atoms with Crippen LogP contribution in [0.2, 0.25) is 5.02 Å². The monoisotopic (exact) mass is 434 g/mol. The molecular formula is C24H31ClO5. The lowest BCUT2D eigenvalue weighted by Crippen LogP contribution is -2.60. The Morgan fingerprint density at radius 3 is 2.40 bits per heavy atom. The number of halogens is 1. The lowest BCUT2D eigenvalue weighted by atomic mass is 9.75. The molecule has 30 heavy (non-hydrogen) atoms. The van der Waals surface area contributed by atoms with Gasteiger partial charge in [-0.15, -0.1) is 0 Å². The van der Waals surface area contributed by atoms with E-state index in [2.05, 4.69) is 0 Å². The molecule has 1 heterocycles. The molecule has 2 aromatic rings. The van der Waals surface area contributed by atoms with Crippen LogP contribution in [-0.2, 0) is 11.2 Å². The fraction of sp³-hybridized carbons (Fsp3) is 0.500. The Bertz CT molecular complexity index is 853. The zero-order valence-corrected chi connectivity index (χ0v) is 18.6. The van der Waals surface area contributed by atoms with E-state index in [1.807, 2.05) is 37.3 Å². The Labute approximate surface area is 183 Å². The summed E-state index contributed by atoms with van der Waals surface area (Å²) in [4.78, 5) is 0. The van der Waals surface area contributed by atoms with Gasteiger partial charge in [-0.1, -0.05) is 42.8 Å². The standard InChI is InChI=1S/C24H31ClO5/c1-5-29-19-9-6-16(7-10-19)12-18-13-17(8-11-20(18)25)23-22(28)21(27)14(2)24(4,30-23)15(3)26/h6-11,13-15,21-23,26-28H,5,12H2,1-4H3. The molecule has 0 aromatic heterocycles. The van der Waals surface area contributed by atoms with Gasteiger partial charge in [0.15, 0.2) is 0 Å². The minimum Gasteiger partial charge on any atom is -0.494 e. The molecule has 1 aliphatic rings. The molecular weight excluding hydrogens is 404 g/mol. The van der Waals surface area contributed by atoms with Crippen LogP contribution in [-0.4, -0.2) is 45.8 Å². The van der Waals surface area contributed by atoms with Crippen LogP contribution in [0.15, 0.2) is 42.5 Å². The highest BCUT2D eigenvalue weighted by molar-refractivity contribution is 6.31. The molecule has 6 heteroatoms.